The molecule has 4 rings (SSSR count). The zero-order chi connectivity index (χ0) is 19.0. The van der Waals surface area contributed by atoms with Gasteiger partial charge >= 0.3 is 0 Å². The van der Waals surface area contributed by atoms with Crippen LogP contribution in [-0.2, 0) is 0 Å². The Bertz CT molecular complexity index is 1030. The van der Waals surface area contributed by atoms with Crippen molar-refractivity contribution in [2.45, 2.75) is 38.5 Å². The second kappa shape index (κ2) is 6.94. The van der Waals surface area contributed by atoms with E-state index in [1.165, 1.54) is 0 Å². The molecule has 8 nitrogen and oxygen atoms in total. The number of piperidine rings is 1. The Labute approximate surface area is 155 Å². The van der Waals surface area contributed by atoms with Gasteiger partial charge in [0.1, 0.15) is 0 Å². The molecule has 8 heteroatoms. The summed E-state index contributed by atoms with van der Waals surface area (Å²) in [6.45, 7) is 5.15. The maximum absolute atomic E-state index is 12.8. The highest BCUT2D eigenvalue weighted by molar-refractivity contribution is 5.92. The van der Waals surface area contributed by atoms with E-state index in [-0.39, 0.29) is 29.1 Å². The molecule has 2 aromatic heterocycles. The largest absolute Gasteiger partial charge is 0.339 e. The fraction of sp³-hybridized carbons (Fsp3) is 0.421. The number of rotatable bonds is 3. The molecular weight excluding hydrogens is 346 g/mol. The van der Waals surface area contributed by atoms with E-state index in [0.29, 0.717) is 35.7 Å². The first-order chi connectivity index (χ1) is 13.0. The topological polar surface area (TPSA) is 105 Å². The van der Waals surface area contributed by atoms with Crippen molar-refractivity contribution in [3.8, 4) is 0 Å². The van der Waals surface area contributed by atoms with Crippen molar-refractivity contribution in [2.75, 3.05) is 13.1 Å². The number of carbonyl (C=O) groups excluding carboxylic acids is 1. The fourth-order valence-electron chi connectivity index (χ4n) is 3.31. The highest BCUT2D eigenvalue weighted by Gasteiger charge is 2.29. The number of amides is 1. The zero-order valence-corrected chi connectivity index (χ0v) is 15.3. The number of carbonyl (C=O) groups is 1. The molecule has 0 spiro atoms. The van der Waals surface area contributed by atoms with Gasteiger partial charge in [0, 0.05) is 24.9 Å². The first-order valence-corrected chi connectivity index (χ1v) is 9.14. The molecule has 1 aliphatic rings. The van der Waals surface area contributed by atoms with Gasteiger partial charge in [0.2, 0.25) is 5.89 Å². The molecule has 1 N–H and O–H groups in total. The van der Waals surface area contributed by atoms with Gasteiger partial charge in [0.05, 0.1) is 10.9 Å². The number of aromatic nitrogens is 4. The van der Waals surface area contributed by atoms with E-state index >= 15 is 0 Å². The van der Waals surface area contributed by atoms with E-state index in [0.717, 1.165) is 12.8 Å². The van der Waals surface area contributed by atoms with E-state index in [1.54, 1.807) is 29.2 Å². The second-order valence-electron chi connectivity index (χ2n) is 7.14. The summed E-state index contributed by atoms with van der Waals surface area (Å²) >= 11 is 0. The van der Waals surface area contributed by atoms with Crippen LogP contribution in [0.4, 0.5) is 0 Å². The Hall–Kier alpha value is -3.03. The molecule has 0 aliphatic carbocycles. The Morgan fingerprint density at radius 1 is 1.22 bits per heavy atom. The van der Waals surface area contributed by atoms with E-state index in [9.17, 15) is 9.59 Å². The van der Waals surface area contributed by atoms with Crippen LogP contribution in [0.25, 0.3) is 10.9 Å². The molecular formula is C19H21N5O3. The minimum atomic E-state index is -0.300. The van der Waals surface area contributed by atoms with Gasteiger partial charge in [-0.2, -0.15) is 4.98 Å². The standard InChI is InChI=1S/C19H21N5O3/c1-11(2)15-22-18(27-23-15)12-7-9-24(10-8-12)19(26)16-20-14-6-4-3-5-13(14)17(25)21-16/h3-6,11-12H,7-10H2,1-2H3,(H,20,21,25). The van der Waals surface area contributed by atoms with Crippen molar-refractivity contribution in [1.29, 1.82) is 0 Å². The Balaban J connectivity index is 1.48. The minimum absolute atomic E-state index is 0.0806. The van der Waals surface area contributed by atoms with Crippen LogP contribution in [-0.4, -0.2) is 44.0 Å². The number of hydrogen-bond acceptors (Lipinski definition) is 6. The molecule has 1 amide bonds. The molecule has 1 saturated heterocycles. The summed E-state index contributed by atoms with van der Waals surface area (Å²) < 4.78 is 5.39. The molecule has 1 aromatic carbocycles. The van der Waals surface area contributed by atoms with E-state index in [1.807, 2.05) is 13.8 Å². The van der Waals surface area contributed by atoms with Crippen LogP contribution < -0.4 is 5.56 Å². The number of benzene rings is 1. The SMILES string of the molecule is CC(C)c1noc(C2CCN(C(=O)c3nc4ccccc4c(=O)[nH]3)CC2)n1. The van der Waals surface area contributed by atoms with E-state index < -0.39 is 0 Å². The second-order valence-corrected chi connectivity index (χ2v) is 7.14. The highest BCUT2D eigenvalue weighted by atomic mass is 16.5. The zero-order valence-electron chi connectivity index (χ0n) is 15.3. The van der Waals surface area contributed by atoms with Gasteiger partial charge in [-0.25, -0.2) is 4.98 Å². The van der Waals surface area contributed by atoms with Gasteiger partial charge in [-0.15, -0.1) is 0 Å². The predicted octanol–water partition coefficient (Wildman–Crippen LogP) is 2.45. The van der Waals surface area contributed by atoms with Crippen molar-refractivity contribution in [3.63, 3.8) is 0 Å². The number of H-pyrrole nitrogens is 1. The molecule has 0 unspecified atom stereocenters. The van der Waals surface area contributed by atoms with Gasteiger partial charge < -0.3 is 14.4 Å². The molecule has 0 atom stereocenters. The van der Waals surface area contributed by atoms with Crippen molar-refractivity contribution in [1.82, 2.24) is 25.0 Å². The number of nitrogens with one attached hydrogen (secondary N) is 1. The molecule has 27 heavy (non-hydrogen) atoms. The van der Waals surface area contributed by atoms with Crippen molar-refractivity contribution in [3.05, 3.63) is 52.2 Å². The van der Waals surface area contributed by atoms with Gasteiger partial charge in [-0.3, -0.25) is 9.59 Å². The molecule has 0 radical (unpaired) electrons. The number of fused-ring (bicyclic) bond motifs is 1. The van der Waals surface area contributed by atoms with Crippen LogP contribution in [0.5, 0.6) is 0 Å². The number of para-hydroxylation sites is 1. The Morgan fingerprint density at radius 2 is 1.96 bits per heavy atom. The first kappa shape index (κ1) is 17.4. The monoisotopic (exact) mass is 367 g/mol. The van der Waals surface area contributed by atoms with E-state index in [4.69, 9.17) is 4.52 Å². The number of likely N-dealkylation sites (tertiary alicyclic amines) is 1. The molecule has 1 aliphatic heterocycles. The summed E-state index contributed by atoms with van der Waals surface area (Å²) in [7, 11) is 0. The smallest absolute Gasteiger partial charge is 0.289 e. The summed E-state index contributed by atoms with van der Waals surface area (Å²) in [6.07, 6.45) is 1.48. The summed E-state index contributed by atoms with van der Waals surface area (Å²) in [6, 6.07) is 6.99. The lowest BCUT2D eigenvalue weighted by Gasteiger charge is -2.29. The Kier molecular flexibility index (Phi) is 4.47. The number of hydrogen-bond donors (Lipinski definition) is 1. The van der Waals surface area contributed by atoms with Gasteiger partial charge in [-0.05, 0) is 25.0 Å². The lowest BCUT2D eigenvalue weighted by Crippen LogP contribution is -2.39. The van der Waals surface area contributed by atoms with Crippen LogP contribution in [0.3, 0.4) is 0 Å². The van der Waals surface area contributed by atoms with Crippen LogP contribution in [0.15, 0.2) is 33.6 Å². The molecule has 3 aromatic rings. The molecule has 1 fully saturated rings. The van der Waals surface area contributed by atoms with Crippen LogP contribution in [0, 0.1) is 0 Å². The predicted molar refractivity (Wildman–Crippen MR) is 98.6 cm³/mol. The lowest BCUT2D eigenvalue weighted by atomic mass is 9.96. The van der Waals surface area contributed by atoms with Crippen molar-refractivity contribution < 1.29 is 9.32 Å². The highest BCUT2D eigenvalue weighted by Crippen LogP contribution is 2.28. The quantitative estimate of drug-likeness (QED) is 0.762. The van der Waals surface area contributed by atoms with Gasteiger partial charge in [0.15, 0.2) is 11.6 Å². The molecule has 0 bridgehead atoms. The van der Waals surface area contributed by atoms with Gasteiger partial charge in [0.25, 0.3) is 11.5 Å². The van der Waals surface area contributed by atoms with Crippen LogP contribution in [0.1, 0.15) is 60.9 Å². The fourth-order valence-corrected chi connectivity index (χ4v) is 3.31. The maximum atomic E-state index is 12.8. The van der Waals surface area contributed by atoms with Crippen molar-refractivity contribution >= 4 is 16.8 Å². The maximum Gasteiger partial charge on any atom is 0.289 e. The summed E-state index contributed by atoms with van der Waals surface area (Å²) in [4.78, 5) is 38.1. The first-order valence-electron chi connectivity index (χ1n) is 9.14. The van der Waals surface area contributed by atoms with E-state index in [2.05, 4.69) is 20.1 Å². The summed E-state index contributed by atoms with van der Waals surface area (Å²) in [5, 5.41) is 4.49. The van der Waals surface area contributed by atoms with Crippen LogP contribution >= 0.6 is 0 Å². The molecule has 3 heterocycles. The molecule has 140 valence electrons. The average Bonchev–Trinajstić information content (AvgIpc) is 3.18. The normalized spacial score (nSPS) is 15.6. The lowest BCUT2D eigenvalue weighted by molar-refractivity contribution is 0.0692. The summed E-state index contributed by atoms with van der Waals surface area (Å²) in [5.74, 6) is 1.55. The van der Waals surface area contributed by atoms with Gasteiger partial charge in [-0.1, -0.05) is 31.1 Å². The van der Waals surface area contributed by atoms with Crippen molar-refractivity contribution in [2.24, 2.45) is 0 Å². The number of aromatic amines is 1. The minimum Gasteiger partial charge on any atom is -0.339 e. The molecule has 0 saturated carbocycles. The third kappa shape index (κ3) is 3.34. The Morgan fingerprint density at radius 3 is 2.67 bits per heavy atom. The third-order valence-electron chi connectivity index (χ3n) is 4.92. The third-order valence-corrected chi connectivity index (χ3v) is 4.92. The number of nitrogens with zero attached hydrogens (tertiary/aromatic N) is 4. The average molecular weight is 367 g/mol. The van der Waals surface area contributed by atoms with Crippen LogP contribution in [0.2, 0.25) is 0 Å². The summed E-state index contributed by atoms with van der Waals surface area (Å²) in [5.41, 5.74) is 0.220.